The summed E-state index contributed by atoms with van der Waals surface area (Å²) in [6.07, 6.45) is 7.68. The monoisotopic (exact) mass is 545 g/mol. The molecule has 4 heterocycles. The normalized spacial score (nSPS) is 19.1. The van der Waals surface area contributed by atoms with Gasteiger partial charge < -0.3 is 19.5 Å². The number of hydrogen-bond acceptors (Lipinski definition) is 8. The van der Waals surface area contributed by atoms with E-state index < -0.39 is 0 Å². The number of thioether (sulfide) groups is 1. The molecule has 0 radical (unpaired) electrons. The molecule has 0 saturated carbocycles. The van der Waals surface area contributed by atoms with Crippen molar-refractivity contribution in [2.24, 2.45) is 11.8 Å². The lowest BCUT2D eigenvalue weighted by molar-refractivity contribution is -0.141. The second-order valence-electron chi connectivity index (χ2n) is 10.6. The SMILES string of the molecule is C=CC(=O)N1CCCC(C(=O)N2CCC(C(=O)Nc3ncc(SCc4ncc(C(C)(C)C)o4)s3)CC2)C1. The summed E-state index contributed by atoms with van der Waals surface area (Å²) in [7, 11) is 0. The van der Waals surface area contributed by atoms with Gasteiger partial charge in [0.05, 0.1) is 28.3 Å². The number of nitrogens with one attached hydrogen (secondary N) is 1. The van der Waals surface area contributed by atoms with Crippen LogP contribution in [-0.2, 0) is 25.6 Å². The molecule has 1 N–H and O–H groups in total. The van der Waals surface area contributed by atoms with Crippen LogP contribution in [0.25, 0.3) is 0 Å². The molecule has 0 bridgehead atoms. The molecule has 3 amide bonds. The molecule has 2 aromatic heterocycles. The zero-order valence-electron chi connectivity index (χ0n) is 21.7. The molecule has 0 aromatic carbocycles. The van der Waals surface area contributed by atoms with Gasteiger partial charge in [0, 0.05) is 37.5 Å². The zero-order valence-corrected chi connectivity index (χ0v) is 23.3. The zero-order chi connectivity index (χ0) is 26.6. The Kier molecular flexibility index (Phi) is 8.74. The summed E-state index contributed by atoms with van der Waals surface area (Å²) in [5, 5.41) is 3.52. The first-order chi connectivity index (χ1) is 17.6. The summed E-state index contributed by atoms with van der Waals surface area (Å²) in [4.78, 5) is 50.1. The maximum absolute atomic E-state index is 13.0. The van der Waals surface area contributed by atoms with E-state index in [0.717, 1.165) is 22.8 Å². The van der Waals surface area contributed by atoms with Crippen molar-refractivity contribution in [3.05, 3.63) is 36.7 Å². The van der Waals surface area contributed by atoms with Crippen LogP contribution < -0.4 is 5.32 Å². The molecule has 2 fully saturated rings. The third-order valence-electron chi connectivity index (χ3n) is 6.78. The van der Waals surface area contributed by atoms with Gasteiger partial charge in [-0.2, -0.15) is 0 Å². The molecule has 11 heteroatoms. The Morgan fingerprint density at radius 2 is 1.89 bits per heavy atom. The lowest BCUT2D eigenvalue weighted by Gasteiger charge is -2.37. The van der Waals surface area contributed by atoms with Crippen molar-refractivity contribution in [1.29, 1.82) is 0 Å². The molecular weight excluding hydrogens is 510 g/mol. The largest absolute Gasteiger partial charge is 0.444 e. The van der Waals surface area contributed by atoms with E-state index in [1.165, 1.54) is 17.4 Å². The highest BCUT2D eigenvalue weighted by molar-refractivity contribution is 8.00. The van der Waals surface area contributed by atoms with E-state index >= 15 is 0 Å². The number of thiazole rings is 1. The van der Waals surface area contributed by atoms with Crippen molar-refractivity contribution in [3.63, 3.8) is 0 Å². The average Bonchev–Trinajstić information content (AvgIpc) is 3.56. The highest BCUT2D eigenvalue weighted by atomic mass is 32.2. The molecule has 9 nitrogen and oxygen atoms in total. The number of anilines is 1. The quantitative estimate of drug-likeness (QED) is 0.408. The second-order valence-corrected chi connectivity index (χ2v) is 12.9. The van der Waals surface area contributed by atoms with Crippen LogP contribution in [0.5, 0.6) is 0 Å². The van der Waals surface area contributed by atoms with Gasteiger partial charge in [-0.05, 0) is 31.8 Å². The van der Waals surface area contributed by atoms with Crippen molar-refractivity contribution in [2.75, 3.05) is 31.5 Å². The molecule has 0 spiro atoms. The number of carbonyl (C=O) groups excluding carboxylic acids is 3. The minimum Gasteiger partial charge on any atom is -0.444 e. The Balaban J connectivity index is 1.22. The smallest absolute Gasteiger partial charge is 0.245 e. The van der Waals surface area contributed by atoms with E-state index in [2.05, 4.69) is 42.6 Å². The van der Waals surface area contributed by atoms with Crippen molar-refractivity contribution < 1.29 is 18.8 Å². The van der Waals surface area contributed by atoms with E-state index in [0.29, 0.717) is 55.8 Å². The summed E-state index contributed by atoms with van der Waals surface area (Å²) < 4.78 is 6.81. The molecule has 2 aromatic rings. The van der Waals surface area contributed by atoms with Crippen LogP contribution in [0, 0.1) is 11.8 Å². The van der Waals surface area contributed by atoms with Gasteiger partial charge in [-0.3, -0.25) is 14.4 Å². The third kappa shape index (κ3) is 7.01. The van der Waals surface area contributed by atoms with Crippen LogP contribution in [0.1, 0.15) is 58.1 Å². The number of nitrogens with zero attached hydrogens (tertiary/aromatic N) is 4. The molecule has 37 heavy (non-hydrogen) atoms. The lowest BCUT2D eigenvalue weighted by Crippen LogP contribution is -2.49. The van der Waals surface area contributed by atoms with Crippen LogP contribution in [0.15, 0.2) is 33.7 Å². The highest BCUT2D eigenvalue weighted by Crippen LogP contribution is 2.32. The summed E-state index contributed by atoms with van der Waals surface area (Å²) >= 11 is 3.01. The Labute approximate surface area is 226 Å². The summed E-state index contributed by atoms with van der Waals surface area (Å²) in [6.45, 7) is 12.0. The number of piperidine rings is 2. The van der Waals surface area contributed by atoms with E-state index in [-0.39, 0.29) is 35.0 Å². The molecular formula is C26H35N5O4S2. The van der Waals surface area contributed by atoms with Crippen LogP contribution >= 0.6 is 23.1 Å². The minimum absolute atomic E-state index is 0.0547. The number of carbonyl (C=O) groups is 3. The predicted molar refractivity (Wildman–Crippen MR) is 144 cm³/mol. The number of likely N-dealkylation sites (tertiary alicyclic amines) is 2. The van der Waals surface area contributed by atoms with Gasteiger partial charge in [-0.1, -0.05) is 38.7 Å². The van der Waals surface area contributed by atoms with E-state index in [1.807, 2.05) is 4.90 Å². The van der Waals surface area contributed by atoms with Crippen LogP contribution in [-0.4, -0.2) is 63.7 Å². The lowest BCUT2D eigenvalue weighted by atomic mass is 9.92. The fraction of sp³-hybridized carbons (Fsp3) is 0.577. The standard InChI is InChI=1S/C26H35N5O4S2/c1-5-21(32)31-10-6-7-18(15-31)24(34)30-11-8-17(9-12-30)23(33)29-25-28-14-22(37-25)36-16-20-27-13-19(35-20)26(2,3)4/h5,13-14,17-18H,1,6-12,15-16H2,2-4H3,(H,28,29,33). The van der Waals surface area contributed by atoms with Crippen LogP contribution in [0.2, 0.25) is 0 Å². The van der Waals surface area contributed by atoms with Crippen LogP contribution in [0.3, 0.4) is 0 Å². The number of aromatic nitrogens is 2. The number of rotatable bonds is 7. The van der Waals surface area contributed by atoms with Crippen LogP contribution in [0.4, 0.5) is 5.13 Å². The molecule has 0 aliphatic carbocycles. The molecule has 200 valence electrons. The number of amides is 3. The Hall–Kier alpha value is -2.66. The maximum atomic E-state index is 13.0. The topological polar surface area (TPSA) is 109 Å². The number of oxazole rings is 1. The molecule has 1 unspecified atom stereocenters. The Morgan fingerprint density at radius 1 is 1.14 bits per heavy atom. The summed E-state index contributed by atoms with van der Waals surface area (Å²) in [5.41, 5.74) is -0.0791. The molecule has 4 rings (SSSR count). The van der Waals surface area contributed by atoms with E-state index in [9.17, 15) is 14.4 Å². The summed E-state index contributed by atoms with van der Waals surface area (Å²) in [5.74, 6) is 1.70. The molecule has 2 aliphatic heterocycles. The van der Waals surface area contributed by atoms with Crippen molar-refractivity contribution in [1.82, 2.24) is 19.8 Å². The van der Waals surface area contributed by atoms with Crippen molar-refractivity contribution in [3.8, 4) is 0 Å². The first-order valence-electron chi connectivity index (χ1n) is 12.7. The first-order valence-corrected chi connectivity index (χ1v) is 14.5. The maximum Gasteiger partial charge on any atom is 0.245 e. The number of hydrogen-bond donors (Lipinski definition) is 1. The Bertz CT molecular complexity index is 1130. The fourth-order valence-electron chi connectivity index (χ4n) is 4.58. The third-order valence-corrected chi connectivity index (χ3v) is 8.87. The fourth-order valence-corrected chi connectivity index (χ4v) is 6.30. The van der Waals surface area contributed by atoms with Gasteiger partial charge in [-0.25, -0.2) is 9.97 Å². The second kappa shape index (κ2) is 11.8. The first kappa shape index (κ1) is 27.4. The summed E-state index contributed by atoms with van der Waals surface area (Å²) in [6, 6.07) is 0. The van der Waals surface area contributed by atoms with Gasteiger partial charge in [0.2, 0.25) is 23.6 Å². The van der Waals surface area contributed by atoms with Gasteiger partial charge in [0.25, 0.3) is 0 Å². The average molecular weight is 546 g/mol. The Morgan fingerprint density at radius 3 is 2.57 bits per heavy atom. The molecule has 2 saturated heterocycles. The minimum atomic E-state index is -0.175. The van der Waals surface area contributed by atoms with Gasteiger partial charge in [-0.15, -0.1) is 11.8 Å². The van der Waals surface area contributed by atoms with Gasteiger partial charge in [0.1, 0.15) is 5.76 Å². The molecule has 2 aliphatic rings. The van der Waals surface area contributed by atoms with E-state index in [1.54, 1.807) is 29.1 Å². The van der Waals surface area contributed by atoms with Crippen molar-refractivity contribution in [2.45, 2.75) is 61.8 Å². The van der Waals surface area contributed by atoms with E-state index in [4.69, 9.17) is 4.42 Å². The van der Waals surface area contributed by atoms with Gasteiger partial charge >= 0.3 is 0 Å². The highest BCUT2D eigenvalue weighted by Gasteiger charge is 2.34. The molecule has 1 atom stereocenters. The predicted octanol–water partition coefficient (Wildman–Crippen LogP) is 4.32. The van der Waals surface area contributed by atoms with Gasteiger partial charge in [0.15, 0.2) is 5.13 Å². The van der Waals surface area contributed by atoms with Crippen molar-refractivity contribution >= 4 is 46.0 Å².